The van der Waals surface area contributed by atoms with Gasteiger partial charge in [0.2, 0.25) is 5.62 Å². The van der Waals surface area contributed by atoms with Crippen LogP contribution in [-0.4, -0.2) is 34.8 Å². The van der Waals surface area contributed by atoms with E-state index in [0.29, 0.717) is 11.4 Å². The molecule has 0 spiro atoms. The molecule has 1 heterocycles. The van der Waals surface area contributed by atoms with E-state index in [1.54, 1.807) is 37.9 Å². The number of halogens is 1. The Hall–Kier alpha value is -2.56. The average molecular weight is 483 g/mol. The first kappa shape index (κ1) is 24.7. The Labute approximate surface area is 191 Å². The number of hydrogen-bond acceptors (Lipinski definition) is 7. The Bertz CT molecular complexity index is 1220. The van der Waals surface area contributed by atoms with E-state index in [4.69, 9.17) is 9.59 Å². The van der Waals surface area contributed by atoms with Crippen molar-refractivity contribution in [3.63, 3.8) is 0 Å². The normalized spacial score (nSPS) is 11.1. The number of aromatic nitrogens is 3. The van der Waals surface area contributed by atoms with Gasteiger partial charge in [0.05, 0.1) is 6.54 Å². The summed E-state index contributed by atoms with van der Waals surface area (Å²) < 4.78 is 33.0. The largest absolute Gasteiger partial charge is 0.379 e. The molecule has 0 fully saturated rings. The van der Waals surface area contributed by atoms with Gasteiger partial charge in [-0.1, -0.05) is 12.1 Å². The number of aryl methyl sites for hydroxylation is 2. The molecule has 8 nitrogen and oxygen atoms in total. The minimum absolute atomic E-state index is 0. The maximum atomic E-state index is 12.5. The van der Waals surface area contributed by atoms with Gasteiger partial charge in [0.1, 0.15) is 16.5 Å². The van der Waals surface area contributed by atoms with Gasteiger partial charge in [-0.15, -0.1) is 12.4 Å². The molecule has 0 aliphatic heterocycles. The molecule has 11 heteroatoms. The molecule has 0 amide bonds. The lowest BCUT2D eigenvalue weighted by atomic mass is 10.1. The molecule has 166 valence electrons. The van der Waals surface area contributed by atoms with Gasteiger partial charge in [-0.05, 0) is 55.1 Å². The summed E-state index contributed by atoms with van der Waals surface area (Å²) in [4.78, 5) is 12.6. The predicted octanol–water partition coefficient (Wildman–Crippen LogP) is 2.94. The van der Waals surface area contributed by atoms with Crippen molar-refractivity contribution in [1.82, 2.24) is 14.3 Å². The maximum Gasteiger partial charge on any atom is 0.339 e. The van der Waals surface area contributed by atoms with Crippen molar-refractivity contribution >= 4 is 40.1 Å². The molecule has 0 aliphatic rings. The van der Waals surface area contributed by atoms with Gasteiger partial charge >= 0.3 is 10.1 Å². The molecule has 1 N–H and O–H groups in total. The van der Waals surface area contributed by atoms with Crippen LogP contribution in [0.1, 0.15) is 21.7 Å². The van der Waals surface area contributed by atoms with E-state index in [-0.39, 0.29) is 41.0 Å². The number of hydrogen-bond donors (Lipinski definition) is 1. The molecule has 0 unspecified atom stereocenters. The van der Waals surface area contributed by atoms with Crippen molar-refractivity contribution in [1.29, 1.82) is 5.41 Å². The number of carbonyl (C=O) groups excluding carboxylic acids is 1. The summed E-state index contributed by atoms with van der Waals surface area (Å²) in [6, 6.07) is 12.4. The fourth-order valence-corrected chi connectivity index (χ4v) is 4.32. The number of nitrogens with one attached hydrogen (secondary N) is 1. The summed E-state index contributed by atoms with van der Waals surface area (Å²) in [7, 11) is -2.33. The number of carbonyl (C=O) groups is 1. The fourth-order valence-electron chi connectivity index (χ4n) is 2.86. The third-order valence-electron chi connectivity index (χ3n) is 4.45. The van der Waals surface area contributed by atoms with Gasteiger partial charge in [0.15, 0.2) is 5.78 Å². The Kier molecular flexibility index (Phi) is 8.10. The number of Topliss-reactive ketones (excluding diaryl/α,β-unsaturated/α-hetero) is 1. The summed E-state index contributed by atoms with van der Waals surface area (Å²) in [6.45, 7) is 1.69. The fraction of sp³-hybridized carbons (Fsp3) is 0.250. The van der Waals surface area contributed by atoms with Crippen molar-refractivity contribution in [2.75, 3.05) is 6.26 Å². The van der Waals surface area contributed by atoms with Gasteiger partial charge in [0.25, 0.3) is 0 Å². The quantitative estimate of drug-likeness (QED) is 0.390. The summed E-state index contributed by atoms with van der Waals surface area (Å²) in [5.74, 6) is 1.26. The highest BCUT2D eigenvalue weighted by molar-refractivity contribution is 7.97. The molecule has 0 radical (unpaired) electrons. The van der Waals surface area contributed by atoms with Crippen LogP contribution in [0.4, 0.5) is 0 Å². The lowest BCUT2D eigenvalue weighted by Gasteiger charge is -2.09. The van der Waals surface area contributed by atoms with E-state index in [0.717, 1.165) is 11.3 Å². The molecule has 1 aromatic heterocycles. The molecule has 0 bridgehead atoms. The number of thioether (sulfide) groups is 1. The van der Waals surface area contributed by atoms with Crippen LogP contribution in [0.2, 0.25) is 0 Å². The lowest BCUT2D eigenvalue weighted by Crippen LogP contribution is -2.26. The molecule has 3 rings (SSSR count). The SMILES string of the molecule is CSCc1ccc(S(=O)(=O)Oc2ccc(C(=O)Cn3c(C)nn(C)c3=N)cc2)cc1.Cl. The second kappa shape index (κ2) is 10.2. The van der Waals surface area contributed by atoms with Crippen LogP contribution in [0.5, 0.6) is 5.75 Å². The molecule has 0 saturated carbocycles. The zero-order valence-electron chi connectivity index (χ0n) is 17.2. The van der Waals surface area contributed by atoms with Crippen molar-refractivity contribution < 1.29 is 17.4 Å². The van der Waals surface area contributed by atoms with E-state index in [1.807, 2.05) is 6.26 Å². The summed E-state index contributed by atoms with van der Waals surface area (Å²) >= 11 is 1.65. The molecule has 0 saturated heterocycles. The average Bonchev–Trinajstić information content (AvgIpc) is 2.95. The minimum Gasteiger partial charge on any atom is -0.379 e. The lowest BCUT2D eigenvalue weighted by molar-refractivity contribution is 0.0969. The zero-order valence-corrected chi connectivity index (χ0v) is 19.7. The Morgan fingerprint density at radius 1 is 1.13 bits per heavy atom. The van der Waals surface area contributed by atoms with Crippen molar-refractivity contribution in [3.8, 4) is 5.75 Å². The van der Waals surface area contributed by atoms with Crippen LogP contribution < -0.4 is 9.80 Å². The monoisotopic (exact) mass is 482 g/mol. The topological polar surface area (TPSA) is 107 Å². The number of ketones is 1. The van der Waals surface area contributed by atoms with E-state index >= 15 is 0 Å². The summed E-state index contributed by atoms with van der Waals surface area (Å²) in [6.07, 6.45) is 1.98. The summed E-state index contributed by atoms with van der Waals surface area (Å²) in [5, 5.41) is 12.1. The van der Waals surface area contributed by atoms with Crippen LogP contribution in [0.3, 0.4) is 0 Å². The highest BCUT2D eigenvalue weighted by Crippen LogP contribution is 2.21. The van der Waals surface area contributed by atoms with Gasteiger partial charge < -0.3 is 4.18 Å². The highest BCUT2D eigenvalue weighted by Gasteiger charge is 2.17. The third kappa shape index (κ3) is 5.78. The smallest absolute Gasteiger partial charge is 0.339 e. The predicted molar refractivity (Wildman–Crippen MR) is 121 cm³/mol. The number of nitrogens with zero attached hydrogens (tertiary/aromatic N) is 3. The molecule has 3 aromatic rings. The highest BCUT2D eigenvalue weighted by atomic mass is 35.5. The van der Waals surface area contributed by atoms with Crippen LogP contribution in [0.15, 0.2) is 53.4 Å². The van der Waals surface area contributed by atoms with E-state index in [9.17, 15) is 13.2 Å². The number of rotatable bonds is 8. The van der Waals surface area contributed by atoms with Crippen LogP contribution in [-0.2, 0) is 29.5 Å². The number of benzene rings is 2. The Morgan fingerprint density at radius 2 is 1.74 bits per heavy atom. The Balaban J connectivity index is 0.00000341. The summed E-state index contributed by atoms with van der Waals surface area (Å²) in [5.41, 5.74) is 1.54. The van der Waals surface area contributed by atoms with Crippen LogP contribution in [0.25, 0.3) is 0 Å². The third-order valence-corrected chi connectivity index (χ3v) is 6.34. The minimum atomic E-state index is -3.97. The molecule has 0 atom stereocenters. The molecular formula is C20H23ClN4O4S2. The molecule has 31 heavy (non-hydrogen) atoms. The van der Waals surface area contributed by atoms with E-state index in [2.05, 4.69) is 5.10 Å². The second-order valence-electron chi connectivity index (χ2n) is 6.64. The van der Waals surface area contributed by atoms with Crippen molar-refractivity contribution in [3.05, 3.63) is 71.1 Å². The zero-order chi connectivity index (χ0) is 21.9. The first-order valence-electron chi connectivity index (χ1n) is 9.02. The second-order valence-corrected chi connectivity index (χ2v) is 9.05. The first-order valence-corrected chi connectivity index (χ1v) is 11.8. The molecule has 0 aliphatic carbocycles. The molecule has 2 aromatic carbocycles. The maximum absolute atomic E-state index is 12.5. The van der Waals surface area contributed by atoms with Gasteiger partial charge in [-0.2, -0.15) is 25.3 Å². The van der Waals surface area contributed by atoms with E-state index < -0.39 is 10.1 Å². The Morgan fingerprint density at radius 3 is 2.26 bits per heavy atom. The van der Waals surface area contributed by atoms with Crippen molar-refractivity contribution in [2.45, 2.75) is 24.1 Å². The van der Waals surface area contributed by atoms with Gasteiger partial charge in [0, 0.05) is 18.4 Å². The first-order chi connectivity index (χ1) is 14.2. The standard InChI is InChI=1S/C20H22N4O4S2.ClH/c1-14-22-23(2)20(21)24(14)12-19(25)16-6-8-17(9-7-16)28-30(26,27)18-10-4-15(5-11-18)13-29-3;/h4-11,21H,12-13H2,1-3H3;1H. The van der Waals surface area contributed by atoms with E-state index in [1.165, 1.54) is 45.6 Å². The van der Waals surface area contributed by atoms with Crippen LogP contribution in [0, 0.1) is 12.3 Å². The van der Waals surface area contributed by atoms with Gasteiger partial charge in [-0.3, -0.25) is 14.8 Å². The van der Waals surface area contributed by atoms with Crippen LogP contribution >= 0.6 is 24.2 Å². The molecular weight excluding hydrogens is 460 g/mol. The van der Waals surface area contributed by atoms with Gasteiger partial charge in [-0.25, -0.2) is 4.68 Å². The van der Waals surface area contributed by atoms with Crippen molar-refractivity contribution in [2.24, 2.45) is 7.05 Å².